The maximum atomic E-state index is 3.51. The number of rotatable bonds is 2. The van der Waals surface area contributed by atoms with Gasteiger partial charge in [0, 0.05) is 19.6 Å². The smallest absolute Gasteiger partial charge is 0.0234 e. The topological polar surface area (TPSA) is 15.3 Å². The molecular formula is C17H20N2. The summed E-state index contributed by atoms with van der Waals surface area (Å²) in [6, 6.07) is 15.5. The Morgan fingerprint density at radius 2 is 1.68 bits per heavy atom. The highest BCUT2D eigenvalue weighted by atomic mass is 15.2. The van der Waals surface area contributed by atoms with Crippen molar-refractivity contribution in [3.63, 3.8) is 0 Å². The van der Waals surface area contributed by atoms with Crippen LogP contribution in [0.5, 0.6) is 0 Å². The maximum Gasteiger partial charge on any atom is 0.0234 e. The van der Waals surface area contributed by atoms with E-state index in [2.05, 4.69) is 52.7 Å². The van der Waals surface area contributed by atoms with Gasteiger partial charge in [-0.15, -0.1) is 0 Å². The van der Waals surface area contributed by atoms with Gasteiger partial charge in [0.2, 0.25) is 0 Å². The van der Waals surface area contributed by atoms with Crippen LogP contribution >= 0.6 is 0 Å². The molecule has 0 radical (unpaired) electrons. The largest absolute Gasteiger partial charge is 0.316 e. The zero-order valence-corrected chi connectivity index (χ0v) is 11.2. The molecule has 2 heteroatoms. The fourth-order valence-corrected chi connectivity index (χ4v) is 3.68. The highest BCUT2D eigenvalue weighted by Gasteiger charge is 2.35. The molecule has 2 heterocycles. The van der Waals surface area contributed by atoms with Gasteiger partial charge >= 0.3 is 0 Å². The fraction of sp³-hybridized carbons (Fsp3) is 0.412. The van der Waals surface area contributed by atoms with Crippen LogP contribution in [0, 0.1) is 11.8 Å². The van der Waals surface area contributed by atoms with Crippen LogP contribution in [0.15, 0.2) is 42.5 Å². The van der Waals surface area contributed by atoms with Gasteiger partial charge in [-0.2, -0.15) is 0 Å². The Morgan fingerprint density at radius 3 is 2.47 bits per heavy atom. The van der Waals surface area contributed by atoms with Crippen molar-refractivity contribution < 1.29 is 0 Å². The molecule has 2 fully saturated rings. The predicted octanol–water partition coefficient (Wildman–Crippen LogP) is 2.49. The number of likely N-dealkylation sites (tertiary alicyclic amines) is 1. The first kappa shape index (κ1) is 11.4. The van der Waals surface area contributed by atoms with Crippen molar-refractivity contribution in [3.05, 3.63) is 48.0 Å². The Hall–Kier alpha value is -1.38. The molecule has 0 aromatic heterocycles. The molecule has 0 saturated carbocycles. The van der Waals surface area contributed by atoms with Crippen molar-refractivity contribution in [2.75, 3.05) is 26.2 Å². The van der Waals surface area contributed by atoms with E-state index in [0.29, 0.717) is 0 Å². The summed E-state index contributed by atoms with van der Waals surface area (Å²) in [5.41, 5.74) is 1.45. The molecule has 0 bridgehead atoms. The Morgan fingerprint density at radius 1 is 0.947 bits per heavy atom. The number of nitrogens with one attached hydrogen (secondary N) is 1. The van der Waals surface area contributed by atoms with Crippen LogP contribution in [0.4, 0.5) is 0 Å². The van der Waals surface area contributed by atoms with Gasteiger partial charge in [-0.1, -0.05) is 36.4 Å². The molecule has 98 valence electrons. The summed E-state index contributed by atoms with van der Waals surface area (Å²) in [6.45, 7) is 6.09. The lowest BCUT2D eigenvalue weighted by Crippen LogP contribution is -2.25. The van der Waals surface area contributed by atoms with E-state index >= 15 is 0 Å². The number of benzene rings is 2. The van der Waals surface area contributed by atoms with E-state index in [0.717, 1.165) is 18.4 Å². The molecule has 1 N–H and O–H groups in total. The van der Waals surface area contributed by atoms with Gasteiger partial charge in [0.15, 0.2) is 0 Å². The molecule has 0 unspecified atom stereocenters. The van der Waals surface area contributed by atoms with E-state index in [-0.39, 0.29) is 0 Å². The van der Waals surface area contributed by atoms with Crippen LogP contribution in [0.25, 0.3) is 10.8 Å². The minimum atomic E-state index is 0.889. The van der Waals surface area contributed by atoms with Crippen molar-refractivity contribution in [1.29, 1.82) is 0 Å². The molecule has 0 spiro atoms. The zero-order valence-electron chi connectivity index (χ0n) is 11.2. The number of hydrogen-bond acceptors (Lipinski definition) is 2. The minimum Gasteiger partial charge on any atom is -0.316 e. The van der Waals surface area contributed by atoms with Gasteiger partial charge in [-0.25, -0.2) is 0 Å². The van der Waals surface area contributed by atoms with Gasteiger partial charge in [-0.05, 0) is 47.3 Å². The summed E-state index contributed by atoms with van der Waals surface area (Å²) in [4.78, 5) is 2.63. The average Bonchev–Trinajstić information content (AvgIpc) is 2.99. The fourth-order valence-electron chi connectivity index (χ4n) is 3.68. The van der Waals surface area contributed by atoms with Crippen molar-refractivity contribution >= 4 is 10.8 Å². The van der Waals surface area contributed by atoms with E-state index in [1.165, 1.54) is 42.5 Å². The summed E-state index contributed by atoms with van der Waals surface area (Å²) in [7, 11) is 0. The first-order valence-electron chi connectivity index (χ1n) is 7.29. The monoisotopic (exact) mass is 252 g/mol. The molecule has 2 nitrogen and oxygen atoms in total. The van der Waals surface area contributed by atoms with E-state index in [4.69, 9.17) is 0 Å². The van der Waals surface area contributed by atoms with Crippen LogP contribution in [0.2, 0.25) is 0 Å². The second kappa shape index (κ2) is 4.62. The standard InChI is InChI=1S/C17H20N2/c1-2-4-15-7-13(5-6-14(15)3-1)10-19-11-16-8-18-9-17(16)12-19/h1-7,16-18H,8-12H2/t16-,17+. The second-order valence-corrected chi connectivity index (χ2v) is 6.05. The van der Waals surface area contributed by atoms with Crippen molar-refractivity contribution in [2.45, 2.75) is 6.54 Å². The van der Waals surface area contributed by atoms with E-state index in [1.54, 1.807) is 0 Å². The lowest BCUT2D eigenvalue weighted by Gasteiger charge is -2.17. The Labute approximate surface area is 114 Å². The lowest BCUT2D eigenvalue weighted by atomic mass is 10.0. The molecule has 2 aromatic rings. The van der Waals surface area contributed by atoms with E-state index in [1.807, 2.05) is 0 Å². The third kappa shape index (κ3) is 2.15. The molecule has 2 aliphatic heterocycles. The number of fused-ring (bicyclic) bond motifs is 2. The molecule has 2 aromatic carbocycles. The first-order chi connectivity index (χ1) is 9.38. The van der Waals surface area contributed by atoms with Gasteiger partial charge in [0.05, 0.1) is 0 Å². The van der Waals surface area contributed by atoms with E-state index in [9.17, 15) is 0 Å². The van der Waals surface area contributed by atoms with Gasteiger partial charge < -0.3 is 5.32 Å². The molecule has 2 aliphatic rings. The van der Waals surface area contributed by atoms with Crippen LogP contribution in [-0.4, -0.2) is 31.1 Å². The molecule has 19 heavy (non-hydrogen) atoms. The van der Waals surface area contributed by atoms with Crippen molar-refractivity contribution in [3.8, 4) is 0 Å². The second-order valence-electron chi connectivity index (χ2n) is 6.05. The van der Waals surface area contributed by atoms with E-state index < -0.39 is 0 Å². The zero-order chi connectivity index (χ0) is 12.7. The molecule has 0 aliphatic carbocycles. The highest BCUT2D eigenvalue weighted by Crippen LogP contribution is 2.27. The van der Waals surface area contributed by atoms with Gasteiger partial charge in [-0.3, -0.25) is 4.90 Å². The average molecular weight is 252 g/mol. The van der Waals surface area contributed by atoms with Crippen LogP contribution in [-0.2, 0) is 6.54 Å². The highest BCUT2D eigenvalue weighted by molar-refractivity contribution is 5.82. The van der Waals surface area contributed by atoms with Crippen molar-refractivity contribution in [2.24, 2.45) is 11.8 Å². The molecule has 2 saturated heterocycles. The maximum absolute atomic E-state index is 3.51. The third-order valence-corrected chi connectivity index (χ3v) is 4.69. The lowest BCUT2D eigenvalue weighted by molar-refractivity contribution is 0.306. The third-order valence-electron chi connectivity index (χ3n) is 4.69. The molecule has 2 atom stereocenters. The normalized spacial score (nSPS) is 26.9. The minimum absolute atomic E-state index is 0.889. The summed E-state index contributed by atoms with van der Waals surface area (Å²) >= 11 is 0. The number of nitrogens with zero attached hydrogens (tertiary/aromatic N) is 1. The van der Waals surface area contributed by atoms with Crippen LogP contribution in [0.3, 0.4) is 0 Å². The Bertz CT molecular complexity index is 581. The van der Waals surface area contributed by atoms with Gasteiger partial charge in [0.1, 0.15) is 0 Å². The summed E-state index contributed by atoms with van der Waals surface area (Å²) in [5.74, 6) is 1.78. The molecular weight excluding hydrogens is 232 g/mol. The SMILES string of the molecule is c1ccc2cc(CN3C[C@H]4CNC[C@H]4C3)ccc2c1. The summed E-state index contributed by atoms with van der Waals surface area (Å²) in [6.07, 6.45) is 0. The summed E-state index contributed by atoms with van der Waals surface area (Å²) < 4.78 is 0. The van der Waals surface area contributed by atoms with Crippen LogP contribution in [0.1, 0.15) is 5.56 Å². The van der Waals surface area contributed by atoms with Crippen molar-refractivity contribution in [1.82, 2.24) is 10.2 Å². The predicted molar refractivity (Wildman–Crippen MR) is 79.1 cm³/mol. The quantitative estimate of drug-likeness (QED) is 0.883. The first-order valence-corrected chi connectivity index (χ1v) is 7.29. The number of hydrogen-bond donors (Lipinski definition) is 1. The van der Waals surface area contributed by atoms with Gasteiger partial charge in [0.25, 0.3) is 0 Å². The Kier molecular flexibility index (Phi) is 2.78. The molecule has 0 amide bonds. The molecule has 4 rings (SSSR count). The summed E-state index contributed by atoms with van der Waals surface area (Å²) in [5, 5.41) is 6.21. The van der Waals surface area contributed by atoms with Crippen LogP contribution < -0.4 is 5.32 Å². The Balaban J connectivity index is 1.52.